The van der Waals surface area contributed by atoms with Gasteiger partial charge in [-0.3, -0.25) is 4.79 Å². The highest BCUT2D eigenvalue weighted by Gasteiger charge is 2.15. The van der Waals surface area contributed by atoms with E-state index in [0.29, 0.717) is 18.7 Å². The van der Waals surface area contributed by atoms with Gasteiger partial charge in [-0.05, 0) is 47.0 Å². The molecule has 1 aromatic heterocycles. The summed E-state index contributed by atoms with van der Waals surface area (Å²) in [6.45, 7) is 2.78. The highest BCUT2D eigenvalue weighted by Crippen LogP contribution is 2.19. The summed E-state index contributed by atoms with van der Waals surface area (Å²) in [5.74, 6) is 0.117. The van der Waals surface area contributed by atoms with Crippen molar-refractivity contribution >= 4 is 28.6 Å². The van der Waals surface area contributed by atoms with E-state index in [9.17, 15) is 4.79 Å². The average molecular weight is 274 g/mol. The molecule has 0 unspecified atom stereocenters. The molecule has 3 nitrogen and oxygen atoms in total. The third kappa shape index (κ3) is 3.58. The van der Waals surface area contributed by atoms with Crippen LogP contribution in [0.5, 0.6) is 0 Å². The lowest BCUT2D eigenvalue weighted by Gasteiger charge is -2.22. The lowest BCUT2D eigenvalue weighted by Crippen LogP contribution is -2.32. The van der Waals surface area contributed by atoms with Crippen LogP contribution >= 0.6 is 11.3 Å². The number of thiophene rings is 1. The molecule has 1 amide bonds. The second kappa shape index (κ2) is 6.38. The predicted octanol–water partition coefficient (Wildman–Crippen LogP) is 3.32. The number of amides is 1. The second-order valence-corrected chi connectivity index (χ2v) is 5.23. The number of anilines is 2. The van der Waals surface area contributed by atoms with Crippen molar-refractivity contribution < 1.29 is 4.79 Å². The third-order valence-corrected chi connectivity index (χ3v) is 3.60. The Bertz CT molecular complexity index is 537. The van der Waals surface area contributed by atoms with Gasteiger partial charge < -0.3 is 10.6 Å². The van der Waals surface area contributed by atoms with E-state index in [2.05, 4.69) is 6.92 Å². The van der Waals surface area contributed by atoms with Gasteiger partial charge >= 0.3 is 0 Å². The molecule has 19 heavy (non-hydrogen) atoms. The minimum absolute atomic E-state index is 0.117. The Morgan fingerprint density at radius 3 is 2.84 bits per heavy atom. The molecule has 100 valence electrons. The fourth-order valence-corrected chi connectivity index (χ4v) is 2.65. The number of hydrogen-bond acceptors (Lipinski definition) is 3. The molecule has 2 N–H and O–H groups in total. The Hall–Kier alpha value is -1.81. The van der Waals surface area contributed by atoms with Gasteiger partial charge in [-0.25, -0.2) is 0 Å². The second-order valence-electron chi connectivity index (χ2n) is 4.45. The van der Waals surface area contributed by atoms with Crippen LogP contribution in [-0.2, 0) is 11.2 Å². The van der Waals surface area contributed by atoms with Crippen molar-refractivity contribution in [2.24, 2.45) is 0 Å². The van der Waals surface area contributed by atoms with Crippen molar-refractivity contribution in [3.63, 3.8) is 0 Å². The Labute approximate surface area is 117 Å². The quantitative estimate of drug-likeness (QED) is 0.850. The topological polar surface area (TPSA) is 46.3 Å². The highest BCUT2D eigenvalue weighted by atomic mass is 32.1. The summed E-state index contributed by atoms with van der Waals surface area (Å²) >= 11 is 1.61. The van der Waals surface area contributed by atoms with E-state index in [4.69, 9.17) is 5.73 Å². The van der Waals surface area contributed by atoms with Crippen LogP contribution in [0, 0.1) is 0 Å². The van der Waals surface area contributed by atoms with Crippen LogP contribution in [0.2, 0.25) is 0 Å². The van der Waals surface area contributed by atoms with Crippen LogP contribution < -0.4 is 10.6 Å². The summed E-state index contributed by atoms with van der Waals surface area (Å²) < 4.78 is 0. The first-order valence-electron chi connectivity index (χ1n) is 6.37. The number of nitrogens with zero attached hydrogens (tertiary/aromatic N) is 1. The summed E-state index contributed by atoms with van der Waals surface area (Å²) in [7, 11) is 0. The van der Waals surface area contributed by atoms with E-state index >= 15 is 0 Å². The van der Waals surface area contributed by atoms with Crippen LogP contribution in [0.25, 0.3) is 0 Å². The predicted molar refractivity (Wildman–Crippen MR) is 81.5 cm³/mol. The molecule has 0 saturated heterocycles. The maximum absolute atomic E-state index is 12.4. The van der Waals surface area contributed by atoms with Crippen molar-refractivity contribution in [2.45, 2.75) is 19.8 Å². The number of nitrogen functional groups attached to an aromatic ring is 1. The SMILES string of the molecule is CCCN(C(=O)Cc1ccsc1)c1cccc(N)c1. The fourth-order valence-electron chi connectivity index (χ4n) is 1.98. The molecule has 0 atom stereocenters. The van der Waals surface area contributed by atoms with E-state index in [1.807, 2.05) is 46.0 Å². The van der Waals surface area contributed by atoms with Gasteiger partial charge in [0.1, 0.15) is 0 Å². The minimum Gasteiger partial charge on any atom is -0.399 e. The maximum Gasteiger partial charge on any atom is 0.231 e. The zero-order valence-electron chi connectivity index (χ0n) is 11.0. The molecule has 0 aliphatic heterocycles. The molecule has 2 rings (SSSR count). The monoisotopic (exact) mass is 274 g/mol. The Balaban J connectivity index is 2.17. The van der Waals surface area contributed by atoms with Crippen molar-refractivity contribution in [1.29, 1.82) is 0 Å². The highest BCUT2D eigenvalue weighted by molar-refractivity contribution is 7.08. The maximum atomic E-state index is 12.4. The lowest BCUT2D eigenvalue weighted by atomic mass is 10.2. The van der Waals surface area contributed by atoms with Crippen LogP contribution in [0.1, 0.15) is 18.9 Å². The molecule has 0 radical (unpaired) electrons. The van der Waals surface area contributed by atoms with Gasteiger partial charge in [0.05, 0.1) is 6.42 Å². The third-order valence-electron chi connectivity index (χ3n) is 2.87. The molecule has 0 aliphatic rings. The molecule has 0 bridgehead atoms. The molecule has 0 aliphatic carbocycles. The summed E-state index contributed by atoms with van der Waals surface area (Å²) in [4.78, 5) is 14.2. The van der Waals surface area contributed by atoms with E-state index in [1.165, 1.54) is 0 Å². The van der Waals surface area contributed by atoms with Crippen molar-refractivity contribution in [3.8, 4) is 0 Å². The van der Waals surface area contributed by atoms with E-state index in [-0.39, 0.29) is 5.91 Å². The van der Waals surface area contributed by atoms with Crippen LogP contribution in [-0.4, -0.2) is 12.5 Å². The molecule has 1 heterocycles. The van der Waals surface area contributed by atoms with Gasteiger partial charge in [-0.2, -0.15) is 11.3 Å². The Morgan fingerprint density at radius 2 is 2.21 bits per heavy atom. The smallest absolute Gasteiger partial charge is 0.231 e. The van der Waals surface area contributed by atoms with Crippen molar-refractivity contribution in [3.05, 3.63) is 46.7 Å². The molecule has 1 aromatic carbocycles. The van der Waals surface area contributed by atoms with Crippen molar-refractivity contribution in [2.75, 3.05) is 17.2 Å². The van der Waals surface area contributed by atoms with Gasteiger partial charge in [-0.15, -0.1) is 0 Å². The lowest BCUT2D eigenvalue weighted by molar-refractivity contribution is -0.118. The number of nitrogens with two attached hydrogens (primary N) is 1. The van der Waals surface area contributed by atoms with Gasteiger partial charge in [0.25, 0.3) is 0 Å². The normalized spacial score (nSPS) is 10.4. The zero-order chi connectivity index (χ0) is 13.7. The molecule has 2 aromatic rings. The van der Waals surface area contributed by atoms with Crippen LogP contribution in [0.3, 0.4) is 0 Å². The summed E-state index contributed by atoms with van der Waals surface area (Å²) in [5.41, 5.74) is 8.42. The molecular weight excluding hydrogens is 256 g/mol. The average Bonchev–Trinajstić information content (AvgIpc) is 2.88. The van der Waals surface area contributed by atoms with Crippen LogP contribution in [0.15, 0.2) is 41.1 Å². The fraction of sp³-hybridized carbons (Fsp3) is 0.267. The molecular formula is C15H18N2OS. The number of rotatable bonds is 5. The van der Waals surface area contributed by atoms with E-state index in [1.54, 1.807) is 11.3 Å². The number of carbonyl (C=O) groups excluding carboxylic acids is 1. The van der Waals surface area contributed by atoms with E-state index < -0.39 is 0 Å². The minimum atomic E-state index is 0.117. The van der Waals surface area contributed by atoms with Gasteiger partial charge in [-0.1, -0.05) is 13.0 Å². The number of benzene rings is 1. The Kier molecular flexibility index (Phi) is 4.58. The first kappa shape index (κ1) is 13.6. The molecule has 0 spiro atoms. The Morgan fingerprint density at radius 1 is 1.37 bits per heavy atom. The van der Waals surface area contributed by atoms with Crippen LogP contribution in [0.4, 0.5) is 11.4 Å². The molecule has 4 heteroatoms. The first-order chi connectivity index (χ1) is 9.20. The van der Waals surface area contributed by atoms with E-state index in [0.717, 1.165) is 17.7 Å². The van der Waals surface area contributed by atoms with Gasteiger partial charge in [0.2, 0.25) is 5.91 Å². The molecule has 0 saturated carbocycles. The largest absolute Gasteiger partial charge is 0.399 e. The van der Waals surface area contributed by atoms with Gasteiger partial charge in [0, 0.05) is 17.9 Å². The summed E-state index contributed by atoms with van der Waals surface area (Å²) in [6.07, 6.45) is 1.36. The zero-order valence-corrected chi connectivity index (χ0v) is 11.8. The number of hydrogen-bond donors (Lipinski definition) is 1. The molecule has 0 fully saturated rings. The summed E-state index contributed by atoms with van der Waals surface area (Å²) in [6, 6.07) is 9.48. The van der Waals surface area contributed by atoms with Crippen molar-refractivity contribution in [1.82, 2.24) is 0 Å². The summed E-state index contributed by atoms with van der Waals surface area (Å²) in [5, 5.41) is 4.01. The number of carbonyl (C=O) groups is 1. The first-order valence-corrected chi connectivity index (χ1v) is 7.32. The van der Waals surface area contributed by atoms with Gasteiger partial charge in [0.15, 0.2) is 0 Å². The standard InChI is InChI=1S/C15H18N2OS/c1-2-7-17(14-5-3-4-13(16)10-14)15(18)9-12-6-8-19-11-12/h3-6,8,10-11H,2,7,9,16H2,1H3.